The molecule has 112 valence electrons. The molecule has 2 atom stereocenters. The minimum Gasteiger partial charge on any atom is -0.338 e. The molecule has 2 N–H and O–H groups in total. The molecule has 2 heterocycles. The molecule has 0 radical (unpaired) electrons. The average Bonchev–Trinajstić information content (AvgIpc) is 3.08. The number of likely N-dealkylation sites (tertiary alicyclic amines) is 1. The zero-order valence-electron chi connectivity index (χ0n) is 12.0. The summed E-state index contributed by atoms with van der Waals surface area (Å²) in [6.07, 6.45) is 1.13. The van der Waals surface area contributed by atoms with Crippen molar-refractivity contribution in [2.24, 2.45) is 11.7 Å². The van der Waals surface area contributed by atoms with E-state index in [0.29, 0.717) is 35.2 Å². The summed E-state index contributed by atoms with van der Waals surface area (Å²) >= 11 is 5.88. The molecule has 5 nitrogen and oxygen atoms in total. The summed E-state index contributed by atoms with van der Waals surface area (Å²) in [5.41, 5.74) is 6.66. The van der Waals surface area contributed by atoms with Crippen LogP contribution in [0.25, 0.3) is 11.4 Å². The fourth-order valence-electron chi connectivity index (χ4n) is 2.82. The van der Waals surface area contributed by atoms with Crippen molar-refractivity contribution in [2.75, 3.05) is 13.1 Å². The SMILES string of the molecule is CC1CC(CN)CN1Cc1nc(-c2ccc(Cl)cc2)no1. The normalized spacial score (nSPS) is 22.8. The van der Waals surface area contributed by atoms with E-state index in [-0.39, 0.29) is 0 Å². The van der Waals surface area contributed by atoms with Gasteiger partial charge in [-0.25, -0.2) is 0 Å². The summed E-state index contributed by atoms with van der Waals surface area (Å²) < 4.78 is 5.36. The molecule has 1 aromatic carbocycles. The molecule has 0 spiro atoms. The van der Waals surface area contributed by atoms with Gasteiger partial charge in [0, 0.05) is 23.2 Å². The van der Waals surface area contributed by atoms with Crippen LogP contribution in [0.4, 0.5) is 0 Å². The second-order valence-electron chi connectivity index (χ2n) is 5.63. The molecule has 2 unspecified atom stereocenters. The number of nitrogens with two attached hydrogens (primary N) is 1. The lowest BCUT2D eigenvalue weighted by Gasteiger charge is -2.18. The zero-order valence-corrected chi connectivity index (χ0v) is 12.8. The van der Waals surface area contributed by atoms with Crippen molar-refractivity contribution in [1.82, 2.24) is 15.0 Å². The van der Waals surface area contributed by atoms with Crippen LogP contribution in [0.1, 0.15) is 19.2 Å². The number of halogens is 1. The minimum absolute atomic E-state index is 0.504. The third-order valence-corrected chi connectivity index (χ3v) is 4.28. The highest BCUT2D eigenvalue weighted by molar-refractivity contribution is 6.30. The van der Waals surface area contributed by atoms with Gasteiger partial charge in [0.25, 0.3) is 0 Å². The molecule has 3 rings (SSSR count). The van der Waals surface area contributed by atoms with Crippen molar-refractivity contribution in [2.45, 2.75) is 25.9 Å². The van der Waals surface area contributed by atoms with Crippen LogP contribution in [0.15, 0.2) is 28.8 Å². The fourth-order valence-corrected chi connectivity index (χ4v) is 2.94. The fraction of sp³-hybridized carbons (Fsp3) is 0.467. The van der Waals surface area contributed by atoms with Gasteiger partial charge < -0.3 is 10.3 Å². The number of rotatable bonds is 4. The Kier molecular flexibility index (Phi) is 4.24. The van der Waals surface area contributed by atoms with Gasteiger partial charge in [0.15, 0.2) is 0 Å². The van der Waals surface area contributed by atoms with E-state index >= 15 is 0 Å². The Morgan fingerprint density at radius 1 is 1.38 bits per heavy atom. The first-order valence-electron chi connectivity index (χ1n) is 7.18. The summed E-state index contributed by atoms with van der Waals surface area (Å²) in [6.45, 7) is 4.63. The number of aromatic nitrogens is 2. The lowest BCUT2D eigenvalue weighted by Crippen LogP contribution is -2.27. The van der Waals surface area contributed by atoms with Gasteiger partial charge in [-0.1, -0.05) is 16.8 Å². The van der Waals surface area contributed by atoms with Crippen molar-refractivity contribution >= 4 is 11.6 Å². The van der Waals surface area contributed by atoms with Crippen LogP contribution in [0, 0.1) is 5.92 Å². The number of nitrogens with zero attached hydrogens (tertiary/aromatic N) is 3. The van der Waals surface area contributed by atoms with Gasteiger partial charge in [-0.05, 0) is 50.1 Å². The molecule has 0 aliphatic carbocycles. The van der Waals surface area contributed by atoms with Crippen molar-refractivity contribution < 1.29 is 4.52 Å². The summed E-state index contributed by atoms with van der Waals surface area (Å²) in [4.78, 5) is 6.81. The van der Waals surface area contributed by atoms with Crippen molar-refractivity contribution in [1.29, 1.82) is 0 Å². The molecule has 1 aliphatic heterocycles. The molecule has 1 aromatic heterocycles. The van der Waals surface area contributed by atoms with Crippen molar-refractivity contribution in [3.8, 4) is 11.4 Å². The van der Waals surface area contributed by atoms with Gasteiger partial charge in [-0.3, -0.25) is 4.90 Å². The molecule has 6 heteroatoms. The first kappa shape index (κ1) is 14.5. The summed E-state index contributed by atoms with van der Waals surface area (Å²) in [5.74, 6) is 1.81. The van der Waals surface area contributed by atoms with E-state index in [1.807, 2.05) is 24.3 Å². The third kappa shape index (κ3) is 3.26. The smallest absolute Gasteiger partial charge is 0.241 e. The molecule has 0 saturated carbocycles. The van der Waals surface area contributed by atoms with E-state index in [9.17, 15) is 0 Å². The van der Waals surface area contributed by atoms with E-state index < -0.39 is 0 Å². The van der Waals surface area contributed by atoms with Gasteiger partial charge in [0.2, 0.25) is 11.7 Å². The van der Waals surface area contributed by atoms with Crippen LogP contribution in [-0.4, -0.2) is 34.2 Å². The number of hydrogen-bond acceptors (Lipinski definition) is 5. The first-order chi connectivity index (χ1) is 10.2. The number of benzene rings is 1. The van der Waals surface area contributed by atoms with Gasteiger partial charge in [-0.2, -0.15) is 4.98 Å². The highest BCUT2D eigenvalue weighted by Crippen LogP contribution is 2.24. The molecule has 1 fully saturated rings. The Bertz CT molecular complexity index is 598. The monoisotopic (exact) mass is 306 g/mol. The summed E-state index contributed by atoms with van der Waals surface area (Å²) in [6, 6.07) is 7.92. The molecular formula is C15H19ClN4O. The van der Waals surface area contributed by atoms with E-state index in [0.717, 1.165) is 25.1 Å². The second kappa shape index (κ2) is 6.13. The van der Waals surface area contributed by atoms with Crippen LogP contribution in [-0.2, 0) is 6.54 Å². The van der Waals surface area contributed by atoms with Gasteiger partial charge in [0.1, 0.15) is 0 Å². The van der Waals surface area contributed by atoms with E-state index in [1.165, 1.54) is 0 Å². The quantitative estimate of drug-likeness (QED) is 0.940. The molecular weight excluding hydrogens is 288 g/mol. The maximum absolute atomic E-state index is 5.88. The highest BCUT2D eigenvalue weighted by atomic mass is 35.5. The molecule has 0 bridgehead atoms. The van der Waals surface area contributed by atoms with E-state index in [4.69, 9.17) is 21.9 Å². The average molecular weight is 307 g/mol. The Morgan fingerprint density at radius 3 is 2.81 bits per heavy atom. The van der Waals surface area contributed by atoms with Gasteiger partial charge >= 0.3 is 0 Å². The van der Waals surface area contributed by atoms with Crippen LogP contribution in [0.2, 0.25) is 5.02 Å². The molecule has 2 aromatic rings. The maximum Gasteiger partial charge on any atom is 0.241 e. The van der Waals surface area contributed by atoms with Crippen LogP contribution in [0.3, 0.4) is 0 Å². The Labute approximate surface area is 129 Å². The molecule has 1 saturated heterocycles. The summed E-state index contributed by atoms with van der Waals surface area (Å²) in [7, 11) is 0. The maximum atomic E-state index is 5.88. The van der Waals surface area contributed by atoms with Crippen LogP contribution >= 0.6 is 11.6 Å². The lowest BCUT2D eigenvalue weighted by molar-refractivity contribution is 0.218. The molecule has 1 aliphatic rings. The Morgan fingerprint density at radius 2 is 2.14 bits per heavy atom. The predicted octanol–water partition coefficient (Wildman–Crippen LogP) is 2.56. The molecule has 0 amide bonds. The summed E-state index contributed by atoms with van der Waals surface area (Å²) in [5, 5.41) is 4.74. The Balaban J connectivity index is 1.69. The minimum atomic E-state index is 0.504. The number of hydrogen-bond donors (Lipinski definition) is 1. The van der Waals surface area contributed by atoms with Crippen LogP contribution < -0.4 is 5.73 Å². The zero-order chi connectivity index (χ0) is 14.8. The van der Waals surface area contributed by atoms with E-state index in [2.05, 4.69) is 22.0 Å². The topological polar surface area (TPSA) is 68.2 Å². The lowest BCUT2D eigenvalue weighted by atomic mass is 10.1. The van der Waals surface area contributed by atoms with Crippen molar-refractivity contribution in [3.05, 3.63) is 35.2 Å². The predicted molar refractivity (Wildman–Crippen MR) is 81.8 cm³/mol. The van der Waals surface area contributed by atoms with Crippen molar-refractivity contribution in [3.63, 3.8) is 0 Å². The van der Waals surface area contributed by atoms with Gasteiger partial charge in [0.05, 0.1) is 6.54 Å². The highest BCUT2D eigenvalue weighted by Gasteiger charge is 2.29. The van der Waals surface area contributed by atoms with E-state index in [1.54, 1.807) is 0 Å². The Hall–Kier alpha value is -1.43. The molecule has 21 heavy (non-hydrogen) atoms. The standard InChI is InChI=1S/C15H19ClN4O/c1-10-6-11(7-17)8-20(10)9-14-18-15(19-21-14)12-2-4-13(16)5-3-12/h2-5,10-11H,6-9,17H2,1H3. The second-order valence-corrected chi connectivity index (χ2v) is 6.07. The van der Waals surface area contributed by atoms with Gasteiger partial charge in [-0.15, -0.1) is 0 Å². The third-order valence-electron chi connectivity index (χ3n) is 4.03. The first-order valence-corrected chi connectivity index (χ1v) is 7.56. The van der Waals surface area contributed by atoms with Crippen LogP contribution in [0.5, 0.6) is 0 Å². The largest absolute Gasteiger partial charge is 0.338 e.